The highest BCUT2D eigenvalue weighted by Crippen LogP contribution is 2.32. The topological polar surface area (TPSA) is 46.3 Å². The molecule has 2 N–H and O–H groups in total. The second-order valence-electron chi connectivity index (χ2n) is 6.10. The Kier molecular flexibility index (Phi) is 4.62. The molecule has 0 bridgehead atoms. The van der Waals surface area contributed by atoms with Crippen LogP contribution in [-0.4, -0.2) is 17.7 Å². The van der Waals surface area contributed by atoms with Crippen LogP contribution in [0, 0.1) is 0 Å². The summed E-state index contributed by atoms with van der Waals surface area (Å²) in [6.45, 7) is 5.08. The number of hydrogen-bond donors (Lipinski definition) is 1. The lowest BCUT2D eigenvalue weighted by Crippen LogP contribution is -2.35. The molecule has 3 rings (SSSR count). The number of anilines is 2. The Morgan fingerprint density at radius 2 is 1.91 bits per heavy atom. The normalized spacial score (nSPS) is 14.0. The number of benzene rings is 2. The van der Waals surface area contributed by atoms with Gasteiger partial charge in [0.15, 0.2) is 0 Å². The van der Waals surface area contributed by atoms with Crippen molar-refractivity contribution in [3.05, 3.63) is 53.6 Å². The van der Waals surface area contributed by atoms with Crippen LogP contribution in [0.1, 0.15) is 36.2 Å². The number of nitrogen functional groups attached to an aromatic ring is 1. The predicted octanol–water partition coefficient (Wildman–Crippen LogP) is 4.36. The molecule has 1 aliphatic rings. The number of carbonyl (C=O) groups is 1. The SMILES string of the molecule is CC(C)Sc1ccc(C(=O)N2CCCc3c(N)cccc32)cc1. The van der Waals surface area contributed by atoms with Gasteiger partial charge in [0.05, 0.1) is 0 Å². The lowest BCUT2D eigenvalue weighted by Gasteiger charge is -2.30. The highest BCUT2D eigenvalue weighted by atomic mass is 32.2. The number of rotatable bonds is 3. The molecular formula is C19H22N2OS. The fourth-order valence-corrected chi connectivity index (χ4v) is 3.80. The third-order valence-electron chi connectivity index (χ3n) is 4.01. The van der Waals surface area contributed by atoms with E-state index < -0.39 is 0 Å². The van der Waals surface area contributed by atoms with Gasteiger partial charge < -0.3 is 10.6 Å². The molecular weight excluding hydrogens is 304 g/mol. The molecule has 0 aliphatic carbocycles. The van der Waals surface area contributed by atoms with Crippen molar-refractivity contribution in [1.82, 2.24) is 0 Å². The number of nitrogens with zero attached hydrogens (tertiary/aromatic N) is 1. The molecule has 0 radical (unpaired) electrons. The van der Waals surface area contributed by atoms with Crippen LogP contribution < -0.4 is 10.6 Å². The van der Waals surface area contributed by atoms with E-state index in [1.807, 2.05) is 47.4 Å². The van der Waals surface area contributed by atoms with Crippen molar-refractivity contribution in [2.75, 3.05) is 17.2 Å². The Labute approximate surface area is 141 Å². The highest BCUT2D eigenvalue weighted by molar-refractivity contribution is 7.99. The highest BCUT2D eigenvalue weighted by Gasteiger charge is 2.24. The monoisotopic (exact) mass is 326 g/mol. The number of fused-ring (bicyclic) bond motifs is 1. The quantitative estimate of drug-likeness (QED) is 0.673. The molecule has 3 nitrogen and oxygen atoms in total. The van der Waals surface area contributed by atoms with Gasteiger partial charge >= 0.3 is 0 Å². The summed E-state index contributed by atoms with van der Waals surface area (Å²) in [7, 11) is 0. The van der Waals surface area contributed by atoms with Crippen molar-refractivity contribution < 1.29 is 4.79 Å². The van der Waals surface area contributed by atoms with E-state index >= 15 is 0 Å². The Morgan fingerprint density at radius 1 is 1.17 bits per heavy atom. The van der Waals surface area contributed by atoms with E-state index in [1.165, 1.54) is 4.90 Å². The van der Waals surface area contributed by atoms with Crippen molar-refractivity contribution in [2.24, 2.45) is 0 Å². The van der Waals surface area contributed by atoms with Crippen LogP contribution >= 0.6 is 11.8 Å². The summed E-state index contributed by atoms with van der Waals surface area (Å²) in [5.41, 5.74) is 9.64. The Hall–Kier alpha value is -1.94. The van der Waals surface area contributed by atoms with E-state index in [9.17, 15) is 4.79 Å². The van der Waals surface area contributed by atoms with Crippen LogP contribution in [0.25, 0.3) is 0 Å². The lowest BCUT2D eigenvalue weighted by molar-refractivity contribution is 0.0985. The zero-order valence-corrected chi connectivity index (χ0v) is 14.4. The molecule has 0 fully saturated rings. The van der Waals surface area contributed by atoms with Gasteiger partial charge in [-0.05, 0) is 54.8 Å². The maximum Gasteiger partial charge on any atom is 0.258 e. The summed E-state index contributed by atoms with van der Waals surface area (Å²) in [4.78, 5) is 15.9. The summed E-state index contributed by atoms with van der Waals surface area (Å²) in [5, 5.41) is 0.536. The zero-order valence-electron chi connectivity index (χ0n) is 13.6. The molecule has 1 aliphatic heterocycles. The minimum absolute atomic E-state index is 0.0534. The van der Waals surface area contributed by atoms with E-state index in [2.05, 4.69) is 13.8 Å². The standard InChI is InChI=1S/C19H22N2OS/c1-13(2)23-15-10-8-14(9-11-15)19(22)21-12-4-5-16-17(20)6-3-7-18(16)21/h3,6-11,13H,4-5,12,20H2,1-2H3. The number of nitrogens with two attached hydrogens (primary N) is 1. The van der Waals surface area contributed by atoms with E-state index in [1.54, 1.807) is 11.8 Å². The van der Waals surface area contributed by atoms with Crippen molar-refractivity contribution >= 4 is 29.0 Å². The number of hydrogen-bond acceptors (Lipinski definition) is 3. The molecule has 2 aromatic carbocycles. The largest absolute Gasteiger partial charge is 0.398 e. The maximum atomic E-state index is 12.9. The van der Waals surface area contributed by atoms with Crippen molar-refractivity contribution in [3.63, 3.8) is 0 Å². The second kappa shape index (κ2) is 6.67. The van der Waals surface area contributed by atoms with Gasteiger partial charge in [-0.1, -0.05) is 19.9 Å². The van der Waals surface area contributed by atoms with Crippen molar-refractivity contribution in [3.8, 4) is 0 Å². The fraction of sp³-hybridized carbons (Fsp3) is 0.316. The van der Waals surface area contributed by atoms with Gasteiger partial charge in [-0.25, -0.2) is 0 Å². The average Bonchev–Trinajstić information content (AvgIpc) is 2.54. The average molecular weight is 326 g/mol. The molecule has 0 saturated carbocycles. The number of thioether (sulfide) groups is 1. The van der Waals surface area contributed by atoms with Gasteiger partial charge in [0.1, 0.15) is 0 Å². The van der Waals surface area contributed by atoms with Crippen LogP contribution in [0.15, 0.2) is 47.4 Å². The summed E-state index contributed by atoms with van der Waals surface area (Å²) in [6, 6.07) is 13.7. The predicted molar refractivity (Wildman–Crippen MR) is 98.3 cm³/mol. The van der Waals surface area contributed by atoms with Crippen molar-refractivity contribution in [2.45, 2.75) is 36.8 Å². The third kappa shape index (κ3) is 3.37. The Balaban J connectivity index is 1.86. The molecule has 1 heterocycles. The van der Waals surface area contributed by atoms with Gasteiger partial charge in [0, 0.05) is 33.6 Å². The first-order valence-electron chi connectivity index (χ1n) is 8.02. The number of amides is 1. The summed E-state index contributed by atoms with van der Waals surface area (Å²) in [6.07, 6.45) is 1.89. The molecule has 4 heteroatoms. The Bertz CT molecular complexity index is 710. The zero-order chi connectivity index (χ0) is 16.4. The van der Waals surface area contributed by atoms with E-state index in [4.69, 9.17) is 5.73 Å². The van der Waals surface area contributed by atoms with Crippen LogP contribution in [0.4, 0.5) is 11.4 Å². The summed E-state index contributed by atoms with van der Waals surface area (Å²) < 4.78 is 0. The van der Waals surface area contributed by atoms with Gasteiger partial charge in [-0.3, -0.25) is 4.79 Å². The van der Waals surface area contributed by atoms with Crippen LogP contribution in [0.2, 0.25) is 0 Å². The molecule has 1 amide bonds. The summed E-state index contributed by atoms with van der Waals surface area (Å²) >= 11 is 1.80. The van der Waals surface area contributed by atoms with Gasteiger partial charge in [0.2, 0.25) is 0 Å². The van der Waals surface area contributed by atoms with Crippen LogP contribution in [0.5, 0.6) is 0 Å². The van der Waals surface area contributed by atoms with Crippen LogP contribution in [0.3, 0.4) is 0 Å². The first-order valence-corrected chi connectivity index (χ1v) is 8.90. The van der Waals surface area contributed by atoms with Gasteiger partial charge in [0.25, 0.3) is 5.91 Å². The minimum Gasteiger partial charge on any atom is -0.398 e. The van der Waals surface area contributed by atoms with Crippen molar-refractivity contribution in [1.29, 1.82) is 0 Å². The Morgan fingerprint density at radius 3 is 2.61 bits per heavy atom. The van der Waals surface area contributed by atoms with E-state index in [-0.39, 0.29) is 5.91 Å². The molecule has 0 saturated heterocycles. The molecule has 0 aromatic heterocycles. The molecule has 120 valence electrons. The van der Waals surface area contributed by atoms with Gasteiger partial charge in [-0.2, -0.15) is 0 Å². The third-order valence-corrected chi connectivity index (χ3v) is 5.02. The molecule has 2 aromatic rings. The fourth-order valence-electron chi connectivity index (χ4n) is 2.97. The van der Waals surface area contributed by atoms with E-state index in [0.717, 1.165) is 41.9 Å². The smallest absolute Gasteiger partial charge is 0.258 e. The number of carbonyl (C=O) groups excluding carboxylic acids is 1. The summed E-state index contributed by atoms with van der Waals surface area (Å²) in [5.74, 6) is 0.0534. The molecule has 0 atom stereocenters. The minimum atomic E-state index is 0.0534. The molecule has 0 spiro atoms. The van der Waals surface area contributed by atoms with Crippen LogP contribution in [-0.2, 0) is 6.42 Å². The maximum absolute atomic E-state index is 12.9. The molecule has 0 unspecified atom stereocenters. The first kappa shape index (κ1) is 15.9. The van der Waals surface area contributed by atoms with Gasteiger partial charge in [-0.15, -0.1) is 11.8 Å². The second-order valence-corrected chi connectivity index (χ2v) is 7.75. The molecule has 23 heavy (non-hydrogen) atoms. The first-order chi connectivity index (χ1) is 11.1. The lowest BCUT2D eigenvalue weighted by atomic mass is 9.99. The van der Waals surface area contributed by atoms with E-state index in [0.29, 0.717) is 5.25 Å².